The zero-order valence-corrected chi connectivity index (χ0v) is 14.5. The highest BCUT2D eigenvalue weighted by Crippen LogP contribution is 2.28. The van der Waals surface area contributed by atoms with Gasteiger partial charge in [-0.1, -0.05) is 12.1 Å². The fraction of sp³-hybridized carbons (Fsp3) is 0.294. The predicted octanol–water partition coefficient (Wildman–Crippen LogP) is 4.40. The Balaban J connectivity index is 1.84. The smallest absolute Gasteiger partial charge is 0.234 e. The summed E-state index contributed by atoms with van der Waals surface area (Å²) in [7, 11) is 0. The lowest BCUT2D eigenvalue weighted by Gasteiger charge is -2.11. The number of hydrogen-bond donors (Lipinski definition) is 1. The van der Waals surface area contributed by atoms with Crippen molar-refractivity contribution in [3.05, 3.63) is 48.4 Å². The molecule has 1 atom stereocenters. The van der Waals surface area contributed by atoms with Crippen molar-refractivity contribution in [3.63, 3.8) is 0 Å². The van der Waals surface area contributed by atoms with E-state index in [0.29, 0.717) is 17.3 Å². The zero-order valence-electron chi connectivity index (χ0n) is 12.8. The molecule has 0 spiro atoms. The molecule has 4 nitrogen and oxygen atoms in total. The molecule has 0 aliphatic rings. The first-order valence-corrected chi connectivity index (χ1v) is 9.34. The van der Waals surface area contributed by atoms with E-state index in [9.17, 15) is 4.79 Å². The summed E-state index contributed by atoms with van der Waals surface area (Å²) in [5.41, 5.74) is 0.797. The van der Waals surface area contributed by atoms with Crippen molar-refractivity contribution in [2.24, 2.45) is 5.92 Å². The fourth-order valence-corrected chi connectivity index (χ4v) is 3.45. The van der Waals surface area contributed by atoms with Crippen molar-refractivity contribution in [2.75, 3.05) is 16.8 Å². The number of nitriles is 1. The van der Waals surface area contributed by atoms with E-state index in [1.54, 1.807) is 18.0 Å². The highest BCUT2D eigenvalue weighted by Gasteiger charge is 2.09. The standard InChI is InChI=1S/C17H18N2O2S2/c1-13(9-18)10-23-16-7-3-2-6-15(16)19-17(20)12-22-11-14-5-4-8-21-14/h2-8,13H,10-12H2,1H3,(H,19,20)/t13-/m1/s1. The molecule has 0 aliphatic heterocycles. The van der Waals surface area contributed by atoms with Crippen LogP contribution >= 0.6 is 23.5 Å². The molecule has 0 saturated carbocycles. The minimum Gasteiger partial charge on any atom is -0.468 e. The van der Waals surface area contributed by atoms with Crippen molar-refractivity contribution < 1.29 is 9.21 Å². The molecule has 1 aromatic heterocycles. The van der Waals surface area contributed by atoms with E-state index in [0.717, 1.165) is 16.3 Å². The largest absolute Gasteiger partial charge is 0.468 e. The van der Waals surface area contributed by atoms with Gasteiger partial charge in [-0.2, -0.15) is 5.26 Å². The van der Waals surface area contributed by atoms with Crippen LogP contribution in [-0.2, 0) is 10.5 Å². The Bertz CT molecular complexity index is 665. The lowest BCUT2D eigenvalue weighted by Crippen LogP contribution is -2.14. The lowest BCUT2D eigenvalue weighted by molar-refractivity contribution is -0.113. The SMILES string of the molecule is C[C@H](C#N)CSc1ccccc1NC(=O)CSCc1ccco1. The van der Waals surface area contributed by atoms with E-state index >= 15 is 0 Å². The van der Waals surface area contributed by atoms with Gasteiger partial charge in [0.15, 0.2) is 0 Å². The lowest BCUT2D eigenvalue weighted by atomic mass is 10.3. The Hall–Kier alpha value is -1.84. The van der Waals surface area contributed by atoms with Crippen LogP contribution in [0.3, 0.4) is 0 Å². The van der Waals surface area contributed by atoms with Gasteiger partial charge in [0, 0.05) is 10.6 Å². The number of furan rings is 1. The van der Waals surface area contributed by atoms with E-state index in [-0.39, 0.29) is 11.8 Å². The minimum atomic E-state index is -0.0389. The molecule has 0 radical (unpaired) electrons. The van der Waals surface area contributed by atoms with Crippen LogP contribution in [0.2, 0.25) is 0 Å². The number of hydrogen-bond acceptors (Lipinski definition) is 5. The van der Waals surface area contributed by atoms with Gasteiger partial charge in [-0.05, 0) is 31.2 Å². The molecule has 1 heterocycles. The summed E-state index contributed by atoms with van der Waals surface area (Å²) in [5, 5.41) is 11.8. The van der Waals surface area contributed by atoms with E-state index in [1.165, 1.54) is 11.8 Å². The maximum absolute atomic E-state index is 12.1. The van der Waals surface area contributed by atoms with Crippen LogP contribution in [0.4, 0.5) is 5.69 Å². The summed E-state index contributed by atoms with van der Waals surface area (Å²) in [6.45, 7) is 1.89. The van der Waals surface area contributed by atoms with Gasteiger partial charge < -0.3 is 9.73 Å². The number of carbonyl (C=O) groups excluding carboxylic acids is 1. The molecule has 0 unspecified atom stereocenters. The molecule has 1 N–H and O–H groups in total. The molecular formula is C17H18N2O2S2. The number of nitrogens with one attached hydrogen (secondary N) is 1. The topological polar surface area (TPSA) is 66.0 Å². The van der Waals surface area contributed by atoms with Crippen molar-refractivity contribution in [1.29, 1.82) is 5.26 Å². The van der Waals surface area contributed by atoms with Crippen LogP contribution in [-0.4, -0.2) is 17.4 Å². The Morgan fingerprint density at radius 2 is 2.17 bits per heavy atom. The van der Waals surface area contributed by atoms with Crippen LogP contribution in [0, 0.1) is 17.2 Å². The second-order valence-electron chi connectivity index (χ2n) is 4.96. The number of anilines is 1. The maximum Gasteiger partial charge on any atom is 0.234 e. The maximum atomic E-state index is 12.1. The molecule has 1 aromatic carbocycles. The van der Waals surface area contributed by atoms with Gasteiger partial charge in [0.1, 0.15) is 5.76 Å². The highest BCUT2D eigenvalue weighted by molar-refractivity contribution is 7.99. The third-order valence-corrected chi connectivity index (χ3v) is 5.22. The predicted molar refractivity (Wildman–Crippen MR) is 95.4 cm³/mol. The number of para-hydroxylation sites is 1. The quantitative estimate of drug-likeness (QED) is 0.718. The molecule has 0 saturated heterocycles. The summed E-state index contributed by atoms with van der Waals surface area (Å²) in [5.74, 6) is 2.56. The van der Waals surface area contributed by atoms with Gasteiger partial charge in [-0.15, -0.1) is 23.5 Å². The molecular weight excluding hydrogens is 328 g/mol. The van der Waals surface area contributed by atoms with Crippen molar-refractivity contribution in [2.45, 2.75) is 17.6 Å². The van der Waals surface area contributed by atoms with Crippen LogP contribution in [0.5, 0.6) is 0 Å². The van der Waals surface area contributed by atoms with Crippen molar-refractivity contribution in [3.8, 4) is 6.07 Å². The third kappa shape index (κ3) is 6.05. The summed E-state index contributed by atoms with van der Waals surface area (Å²) in [6.07, 6.45) is 1.63. The minimum absolute atomic E-state index is 0.0207. The summed E-state index contributed by atoms with van der Waals surface area (Å²) < 4.78 is 5.24. The van der Waals surface area contributed by atoms with Crippen LogP contribution < -0.4 is 5.32 Å². The molecule has 0 fully saturated rings. The molecule has 0 aliphatic carbocycles. The Morgan fingerprint density at radius 3 is 2.91 bits per heavy atom. The van der Waals surface area contributed by atoms with Gasteiger partial charge in [-0.25, -0.2) is 0 Å². The Labute approximate surface area is 144 Å². The number of amides is 1. The molecule has 2 aromatic rings. The number of rotatable bonds is 8. The first-order chi connectivity index (χ1) is 11.2. The highest BCUT2D eigenvalue weighted by atomic mass is 32.2. The van der Waals surface area contributed by atoms with Gasteiger partial charge in [0.05, 0.1) is 35.4 Å². The molecule has 120 valence electrons. The summed E-state index contributed by atoms with van der Waals surface area (Å²) in [4.78, 5) is 13.0. The number of carbonyl (C=O) groups is 1. The van der Waals surface area contributed by atoms with E-state index in [1.807, 2.05) is 43.3 Å². The monoisotopic (exact) mass is 346 g/mol. The Kier molecular flexibility index (Phi) is 7.11. The first-order valence-electron chi connectivity index (χ1n) is 7.20. The van der Waals surface area contributed by atoms with Crippen LogP contribution in [0.25, 0.3) is 0 Å². The number of benzene rings is 1. The Morgan fingerprint density at radius 1 is 1.35 bits per heavy atom. The molecule has 1 amide bonds. The van der Waals surface area contributed by atoms with Gasteiger partial charge in [-0.3, -0.25) is 4.79 Å². The van der Waals surface area contributed by atoms with Crippen LogP contribution in [0.15, 0.2) is 52.0 Å². The van der Waals surface area contributed by atoms with Crippen LogP contribution in [0.1, 0.15) is 12.7 Å². The van der Waals surface area contributed by atoms with Gasteiger partial charge >= 0.3 is 0 Å². The second-order valence-corrected chi connectivity index (χ2v) is 7.01. The second kappa shape index (κ2) is 9.33. The zero-order chi connectivity index (χ0) is 16.5. The molecule has 6 heteroatoms. The molecule has 2 rings (SSSR count). The molecule has 0 bridgehead atoms. The van der Waals surface area contributed by atoms with Crippen molar-refractivity contribution in [1.82, 2.24) is 0 Å². The normalized spacial score (nSPS) is 11.7. The number of thioether (sulfide) groups is 2. The third-order valence-electron chi connectivity index (χ3n) is 2.93. The summed E-state index contributed by atoms with van der Waals surface area (Å²) >= 11 is 3.09. The average molecular weight is 346 g/mol. The van der Waals surface area contributed by atoms with E-state index in [2.05, 4.69) is 11.4 Å². The average Bonchev–Trinajstić information content (AvgIpc) is 3.07. The van der Waals surface area contributed by atoms with Crippen molar-refractivity contribution >= 4 is 35.1 Å². The van der Waals surface area contributed by atoms with Gasteiger partial charge in [0.2, 0.25) is 5.91 Å². The first kappa shape index (κ1) is 17.5. The number of nitrogens with zero attached hydrogens (tertiary/aromatic N) is 1. The van der Waals surface area contributed by atoms with E-state index < -0.39 is 0 Å². The summed E-state index contributed by atoms with van der Waals surface area (Å²) in [6, 6.07) is 13.6. The van der Waals surface area contributed by atoms with Gasteiger partial charge in [0.25, 0.3) is 0 Å². The van der Waals surface area contributed by atoms with E-state index in [4.69, 9.17) is 9.68 Å². The fourth-order valence-electron chi connectivity index (χ4n) is 1.77. The molecule has 23 heavy (non-hydrogen) atoms.